The van der Waals surface area contributed by atoms with Crippen molar-refractivity contribution in [1.29, 1.82) is 0 Å². The van der Waals surface area contributed by atoms with E-state index >= 15 is 0 Å². The molecule has 1 amide bonds. The highest BCUT2D eigenvalue weighted by atomic mass is 19.1. The smallest absolute Gasteiger partial charge is 0.316 e. The Balaban J connectivity index is 1.47. The predicted octanol–water partition coefficient (Wildman–Crippen LogP) is 2.39. The molecule has 0 aliphatic heterocycles. The summed E-state index contributed by atoms with van der Waals surface area (Å²) in [6.45, 7) is 0.340. The van der Waals surface area contributed by atoms with Crippen LogP contribution in [-0.2, 0) is 6.54 Å². The van der Waals surface area contributed by atoms with E-state index < -0.39 is 5.91 Å². The van der Waals surface area contributed by atoms with Gasteiger partial charge in [-0.1, -0.05) is 46.8 Å². The first-order chi connectivity index (χ1) is 13.2. The van der Waals surface area contributed by atoms with Crippen LogP contribution in [0, 0.1) is 5.82 Å². The van der Waals surface area contributed by atoms with Gasteiger partial charge >= 0.3 is 11.8 Å². The summed E-state index contributed by atoms with van der Waals surface area (Å²) >= 11 is 0. The van der Waals surface area contributed by atoms with E-state index in [-0.39, 0.29) is 17.5 Å². The minimum absolute atomic E-state index is 0.113. The number of rotatable bonds is 5. The number of benzene rings is 2. The van der Waals surface area contributed by atoms with Gasteiger partial charge in [-0.25, -0.2) is 9.07 Å². The summed E-state index contributed by atoms with van der Waals surface area (Å²) in [6.07, 6.45) is 1.52. The van der Waals surface area contributed by atoms with Crippen molar-refractivity contribution < 1.29 is 13.7 Å². The molecule has 0 spiro atoms. The molecule has 2 aromatic heterocycles. The topological polar surface area (TPSA) is 98.7 Å². The standard InChI is InChI=1S/C18H13FN6O2/c19-13-7-4-8-14(9-13)25-11-15(22-24-25)16-21-18(27-23-16)17(26)20-10-12-5-2-1-3-6-12/h1-9,11H,10H2,(H,20,26). The number of nitrogens with one attached hydrogen (secondary N) is 1. The van der Waals surface area contributed by atoms with Crippen molar-refractivity contribution in [3.8, 4) is 17.2 Å². The van der Waals surface area contributed by atoms with Crippen LogP contribution in [0.15, 0.2) is 65.3 Å². The quantitative estimate of drug-likeness (QED) is 0.584. The second-order valence-electron chi connectivity index (χ2n) is 5.62. The molecule has 8 nitrogen and oxygen atoms in total. The largest absolute Gasteiger partial charge is 0.344 e. The summed E-state index contributed by atoms with van der Waals surface area (Å²) in [4.78, 5) is 16.2. The maximum Gasteiger partial charge on any atom is 0.316 e. The highest BCUT2D eigenvalue weighted by Gasteiger charge is 2.18. The Morgan fingerprint density at radius 2 is 2.00 bits per heavy atom. The number of carbonyl (C=O) groups excluding carboxylic acids is 1. The van der Waals surface area contributed by atoms with Crippen molar-refractivity contribution in [1.82, 2.24) is 30.5 Å². The Bertz CT molecular complexity index is 1080. The van der Waals surface area contributed by atoms with Gasteiger partial charge in [0.2, 0.25) is 5.82 Å². The minimum Gasteiger partial charge on any atom is -0.344 e. The minimum atomic E-state index is -0.491. The number of carbonyl (C=O) groups is 1. The Labute approximate surface area is 152 Å². The van der Waals surface area contributed by atoms with Gasteiger partial charge in [-0.3, -0.25) is 4.79 Å². The fraction of sp³-hybridized carbons (Fsp3) is 0.0556. The average Bonchev–Trinajstić information content (AvgIpc) is 3.36. The van der Waals surface area contributed by atoms with Crippen molar-refractivity contribution in [2.75, 3.05) is 0 Å². The molecule has 4 rings (SSSR count). The lowest BCUT2D eigenvalue weighted by atomic mass is 10.2. The molecule has 1 N–H and O–H groups in total. The van der Waals surface area contributed by atoms with Crippen molar-refractivity contribution in [2.24, 2.45) is 0 Å². The average molecular weight is 364 g/mol. The van der Waals surface area contributed by atoms with Crippen LogP contribution >= 0.6 is 0 Å². The lowest BCUT2D eigenvalue weighted by molar-refractivity contribution is 0.0907. The second kappa shape index (κ2) is 7.16. The molecule has 0 bridgehead atoms. The Kier molecular flexibility index (Phi) is 4.40. The zero-order valence-corrected chi connectivity index (χ0v) is 13.9. The van der Waals surface area contributed by atoms with Crippen LogP contribution in [0.4, 0.5) is 4.39 Å². The summed E-state index contributed by atoms with van der Waals surface area (Å²) in [5.74, 6) is -0.944. The van der Waals surface area contributed by atoms with Gasteiger partial charge in [-0.2, -0.15) is 4.98 Å². The molecule has 0 atom stereocenters. The Hall–Kier alpha value is -3.88. The summed E-state index contributed by atoms with van der Waals surface area (Å²) in [5, 5.41) is 14.3. The van der Waals surface area contributed by atoms with Crippen molar-refractivity contribution >= 4 is 5.91 Å². The highest BCUT2D eigenvalue weighted by molar-refractivity contribution is 5.89. The molecule has 0 saturated carbocycles. The number of hydrogen-bond donors (Lipinski definition) is 1. The van der Waals surface area contributed by atoms with E-state index in [2.05, 4.69) is 25.8 Å². The monoisotopic (exact) mass is 364 g/mol. The van der Waals surface area contributed by atoms with Crippen LogP contribution < -0.4 is 5.32 Å². The van der Waals surface area contributed by atoms with Crippen LogP contribution in [-0.4, -0.2) is 31.0 Å². The van der Waals surface area contributed by atoms with Crippen LogP contribution in [0.25, 0.3) is 17.2 Å². The molecule has 9 heteroatoms. The van der Waals surface area contributed by atoms with Crippen molar-refractivity contribution in [3.05, 3.63) is 78.1 Å². The molecule has 0 unspecified atom stereocenters. The van der Waals surface area contributed by atoms with Crippen LogP contribution in [0.5, 0.6) is 0 Å². The van der Waals surface area contributed by atoms with Gasteiger partial charge in [0.15, 0.2) is 5.69 Å². The van der Waals surface area contributed by atoms with Gasteiger partial charge in [0, 0.05) is 6.54 Å². The zero-order chi connectivity index (χ0) is 18.6. The molecule has 27 heavy (non-hydrogen) atoms. The third kappa shape index (κ3) is 3.71. The molecule has 0 saturated heterocycles. The van der Waals surface area contributed by atoms with Gasteiger partial charge in [0.1, 0.15) is 5.82 Å². The number of aromatic nitrogens is 5. The molecule has 0 aliphatic carbocycles. The Morgan fingerprint density at radius 1 is 1.15 bits per heavy atom. The van der Waals surface area contributed by atoms with E-state index in [4.69, 9.17) is 4.52 Å². The first-order valence-corrected chi connectivity index (χ1v) is 8.03. The molecular formula is C18H13FN6O2. The Morgan fingerprint density at radius 3 is 2.81 bits per heavy atom. The maximum absolute atomic E-state index is 13.3. The molecule has 0 radical (unpaired) electrons. The van der Waals surface area contributed by atoms with E-state index in [0.29, 0.717) is 17.9 Å². The molecule has 0 fully saturated rings. The molecule has 4 aromatic rings. The molecule has 2 aromatic carbocycles. The summed E-state index contributed by atoms with van der Waals surface area (Å²) in [6, 6.07) is 15.3. The van der Waals surface area contributed by atoms with Gasteiger partial charge in [-0.15, -0.1) is 5.10 Å². The van der Waals surface area contributed by atoms with E-state index in [1.807, 2.05) is 30.3 Å². The third-order valence-corrected chi connectivity index (χ3v) is 3.71. The van der Waals surface area contributed by atoms with E-state index in [0.717, 1.165) is 5.56 Å². The van der Waals surface area contributed by atoms with Gasteiger partial charge < -0.3 is 9.84 Å². The summed E-state index contributed by atoms with van der Waals surface area (Å²) in [7, 11) is 0. The van der Waals surface area contributed by atoms with Crippen molar-refractivity contribution in [2.45, 2.75) is 6.54 Å². The van der Waals surface area contributed by atoms with Crippen LogP contribution in [0.2, 0.25) is 0 Å². The van der Waals surface area contributed by atoms with Crippen molar-refractivity contribution in [3.63, 3.8) is 0 Å². The fourth-order valence-electron chi connectivity index (χ4n) is 2.38. The van der Waals surface area contributed by atoms with Crippen LogP contribution in [0.3, 0.4) is 0 Å². The lowest BCUT2D eigenvalue weighted by Gasteiger charge is -2.01. The maximum atomic E-state index is 13.3. The van der Waals surface area contributed by atoms with Gasteiger partial charge in [0.25, 0.3) is 0 Å². The normalized spacial score (nSPS) is 10.7. The first kappa shape index (κ1) is 16.6. The second-order valence-corrected chi connectivity index (χ2v) is 5.62. The number of amides is 1. The summed E-state index contributed by atoms with van der Waals surface area (Å²) in [5.41, 5.74) is 1.74. The molecule has 2 heterocycles. The van der Waals surface area contributed by atoms with Gasteiger partial charge in [0.05, 0.1) is 11.9 Å². The fourth-order valence-corrected chi connectivity index (χ4v) is 2.38. The SMILES string of the molecule is O=C(NCc1ccccc1)c1nc(-c2cn(-c3cccc(F)c3)nn2)no1. The molecule has 0 aliphatic rings. The third-order valence-electron chi connectivity index (χ3n) is 3.71. The number of nitrogens with zero attached hydrogens (tertiary/aromatic N) is 5. The van der Waals surface area contributed by atoms with E-state index in [1.54, 1.807) is 12.1 Å². The number of hydrogen-bond acceptors (Lipinski definition) is 6. The van der Waals surface area contributed by atoms with E-state index in [9.17, 15) is 9.18 Å². The predicted molar refractivity (Wildman–Crippen MR) is 92.2 cm³/mol. The summed E-state index contributed by atoms with van der Waals surface area (Å²) < 4.78 is 19.7. The molecular weight excluding hydrogens is 351 g/mol. The van der Waals surface area contributed by atoms with Crippen LogP contribution in [0.1, 0.15) is 16.2 Å². The first-order valence-electron chi connectivity index (χ1n) is 8.03. The highest BCUT2D eigenvalue weighted by Crippen LogP contribution is 2.15. The van der Waals surface area contributed by atoms with E-state index in [1.165, 1.54) is 23.0 Å². The zero-order valence-electron chi connectivity index (χ0n) is 13.9. The lowest BCUT2D eigenvalue weighted by Crippen LogP contribution is -2.23. The van der Waals surface area contributed by atoms with Gasteiger partial charge in [-0.05, 0) is 23.8 Å². The molecule has 134 valence electrons. The number of halogens is 1.